The normalized spacial score (nSPS) is 17.7. The molecule has 0 aromatic rings. The van der Waals surface area contributed by atoms with Gasteiger partial charge in [-0.25, -0.2) is 0 Å². The summed E-state index contributed by atoms with van der Waals surface area (Å²) in [5, 5.41) is 0. The monoisotopic (exact) mass is 438 g/mol. The molecule has 0 aliphatic rings. The van der Waals surface area contributed by atoms with E-state index in [0.29, 0.717) is 6.61 Å². The van der Waals surface area contributed by atoms with Crippen LogP contribution in [0.2, 0.25) is 78.6 Å². The molecule has 0 bridgehead atoms. The van der Waals surface area contributed by atoms with Crippen molar-refractivity contribution in [3.8, 4) is 0 Å². The number of carbonyl (C=O) groups is 1. The first-order chi connectivity index (χ1) is 11.3. The molecule has 9 heteroatoms. The topological polar surface area (TPSA) is 54.0 Å². The maximum absolute atomic E-state index is 11.9. The quantitative estimate of drug-likeness (QED) is 0.326. The number of aldehydes is 1. The van der Waals surface area contributed by atoms with Gasteiger partial charge in [-0.05, 0) is 78.6 Å². The van der Waals surface area contributed by atoms with Gasteiger partial charge in [0.1, 0.15) is 18.5 Å². The Labute approximate surface area is 165 Å². The summed E-state index contributed by atoms with van der Waals surface area (Å²) < 4.78 is 25.2. The van der Waals surface area contributed by atoms with Crippen LogP contribution >= 0.6 is 0 Å². The second kappa shape index (κ2) is 9.73. The van der Waals surface area contributed by atoms with E-state index in [4.69, 9.17) is 17.7 Å². The van der Waals surface area contributed by atoms with Gasteiger partial charge in [-0.1, -0.05) is 0 Å². The lowest BCUT2D eigenvalue weighted by molar-refractivity contribution is -0.123. The molecule has 0 aromatic carbocycles. The highest BCUT2D eigenvalue weighted by Gasteiger charge is 2.40. The van der Waals surface area contributed by atoms with Crippen molar-refractivity contribution in [2.24, 2.45) is 0 Å². The molecule has 0 fully saturated rings. The molecule has 0 saturated carbocycles. The minimum absolute atomic E-state index is 0.299. The first-order valence-electron chi connectivity index (χ1n) is 9.46. The van der Waals surface area contributed by atoms with E-state index in [1.165, 1.54) is 0 Å². The molecule has 0 unspecified atom stereocenters. The molecule has 0 radical (unpaired) electrons. The molecule has 0 N–H and O–H groups in total. The number of hydrogen-bond acceptors (Lipinski definition) is 5. The molecule has 3 atom stereocenters. The zero-order valence-electron chi connectivity index (χ0n) is 19.1. The molecule has 0 saturated heterocycles. The maximum atomic E-state index is 11.9. The Morgan fingerprint density at radius 3 is 1.38 bits per heavy atom. The standard InChI is InChI=1S/C17H42O5Si4/c1-23(2,3)19-14-16(21-25(7,8)9)17(22-26(10,11)12)15(13-18)20-24(4,5)6/h13,15-17H,14H2,1-12H3/t15-,16+,17-/m0/s1. The summed E-state index contributed by atoms with van der Waals surface area (Å²) >= 11 is 0. The van der Waals surface area contributed by atoms with Gasteiger partial charge >= 0.3 is 0 Å². The van der Waals surface area contributed by atoms with Crippen LogP contribution in [-0.2, 0) is 22.5 Å². The minimum Gasteiger partial charge on any atom is -0.415 e. The van der Waals surface area contributed by atoms with Gasteiger partial charge in [-0.2, -0.15) is 0 Å². The Morgan fingerprint density at radius 2 is 1.08 bits per heavy atom. The van der Waals surface area contributed by atoms with Crippen molar-refractivity contribution < 1.29 is 22.5 Å². The van der Waals surface area contributed by atoms with Gasteiger partial charge in [0, 0.05) is 0 Å². The molecule has 5 nitrogen and oxygen atoms in total. The third-order valence-corrected chi connectivity index (χ3v) is 6.99. The van der Waals surface area contributed by atoms with Crippen molar-refractivity contribution in [2.75, 3.05) is 6.61 Å². The van der Waals surface area contributed by atoms with E-state index in [9.17, 15) is 4.79 Å². The third kappa shape index (κ3) is 13.5. The third-order valence-electron chi connectivity index (χ3n) is 2.99. The molecule has 156 valence electrons. The Kier molecular flexibility index (Phi) is 9.87. The molecular weight excluding hydrogens is 397 g/mol. The van der Waals surface area contributed by atoms with Crippen molar-refractivity contribution in [2.45, 2.75) is 96.9 Å². The average molecular weight is 439 g/mol. The molecule has 0 spiro atoms. The summed E-state index contributed by atoms with van der Waals surface area (Å²) in [6.07, 6.45) is -0.473. The Hall–Kier alpha value is 0.378. The Morgan fingerprint density at radius 1 is 0.654 bits per heavy atom. The van der Waals surface area contributed by atoms with E-state index in [1.807, 2.05) is 0 Å². The highest BCUT2D eigenvalue weighted by atomic mass is 28.4. The molecule has 0 aliphatic heterocycles. The van der Waals surface area contributed by atoms with Crippen LogP contribution in [0.5, 0.6) is 0 Å². The van der Waals surface area contributed by atoms with E-state index in [2.05, 4.69) is 78.6 Å². The van der Waals surface area contributed by atoms with Crippen molar-refractivity contribution in [3.63, 3.8) is 0 Å². The van der Waals surface area contributed by atoms with E-state index in [1.54, 1.807) is 0 Å². The minimum atomic E-state index is -1.92. The largest absolute Gasteiger partial charge is 0.415 e. The summed E-state index contributed by atoms with van der Waals surface area (Å²) in [5.41, 5.74) is 0. The summed E-state index contributed by atoms with van der Waals surface area (Å²) in [7, 11) is -7.42. The van der Waals surface area contributed by atoms with E-state index >= 15 is 0 Å². The van der Waals surface area contributed by atoms with Gasteiger partial charge < -0.3 is 22.5 Å². The van der Waals surface area contributed by atoms with Crippen LogP contribution in [0.25, 0.3) is 0 Å². The summed E-state index contributed by atoms with van der Waals surface area (Å²) in [6, 6.07) is 0. The molecular formula is C17H42O5Si4. The second-order valence-electron chi connectivity index (χ2n) is 10.7. The van der Waals surface area contributed by atoms with Gasteiger partial charge in [0.05, 0.1) is 12.7 Å². The predicted octanol–water partition coefficient (Wildman–Crippen LogP) is 4.70. The van der Waals surface area contributed by atoms with Crippen molar-refractivity contribution in [1.82, 2.24) is 0 Å². The van der Waals surface area contributed by atoms with Crippen LogP contribution in [0.3, 0.4) is 0 Å². The smallest absolute Gasteiger partial charge is 0.184 e. The van der Waals surface area contributed by atoms with E-state index in [-0.39, 0.29) is 6.10 Å². The fourth-order valence-corrected chi connectivity index (χ4v) is 6.21. The second-order valence-corrected chi connectivity index (χ2v) is 28.6. The summed E-state index contributed by atoms with van der Waals surface area (Å²) in [6.45, 7) is 26.0. The molecule has 0 aliphatic carbocycles. The fraction of sp³-hybridized carbons (Fsp3) is 0.941. The van der Waals surface area contributed by atoms with Crippen molar-refractivity contribution in [1.29, 1.82) is 0 Å². The van der Waals surface area contributed by atoms with Crippen molar-refractivity contribution >= 4 is 39.6 Å². The number of carbonyl (C=O) groups excluding carboxylic acids is 1. The highest BCUT2D eigenvalue weighted by molar-refractivity contribution is 6.71. The van der Waals surface area contributed by atoms with Crippen LogP contribution in [0.1, 0.15) is 0 Å². The highest BCUT2D eigenvalue weighted by Crippen LogP contribution is 2.23. The zero-order valence-corrected chi connectivity index (χ0v) is 23.1. The average Bonchev–Trinajstić information content (AvgIpc) is 2.34. The van der Waals surface area contributed by atoms with Crippen LogP contribution in [0.4, 0.5) is 0 Å². The molecule has 0 aromatic heterocycles. The van der Waals surface area contributed by atoms with Crippen LogP contribution in [0.15, 0.2) is 0 Å². The Balaban J connectivity index is 5.76. The van der Waals surface area contributed by atoms with Crippen LogP contribution in [0, 0.1) is 0 Å². The zero-order chi connectivity index (χ0) is 21.0. The lowest BCUT2D eigenvalue weighted by Gasteiger charge is -2.40. The molecule has 0 heterocycles. The fourth-order valence-electron chi connectivity index (χ4n) is 2.33. The maximum Gasteiger partial charge on any atom is 0.184 e. The van der Waals surface area contributed by atoms with Gasteiger partial charge in [0.15, 0.2) is 33.3 Å². The molecule has 26 heavy (non-hydrogen) atoms. The van der Waals surface area contributed by atoms with Crippen molar-refractivity contribution in [3.05, 3.63) is 0 Å². The van der Waals surface area contributed by atoms with E-state index in [0.717, 1.165) is 6.29 Å². The van der Waals surface area contributed by atoms with Gasteiger partial charge in [0.25, 0.3) is 0 Å². The van der Waals surface area contributed by atoms with Gasteiger partial charge in [0.2, 0.25) is 0 Å². The van der Waals surface area contributed by atoms with Crippen LogP contribution in [-0.4, -0.2) is 64.5 Å². The number of hydrogen-bond donors (Lipinski definition) is 0. The summed E-state index contributed by atoms with van der Waals surface area (Å²) in [4.78, 5) is 11.9. The Bertz CT molecular complexity index is 432. The number of rotatable bonds is 12. The molecule has 0 amide bonds. The summed E-state index contributed by atoms with van der Waals surface area (Å²) in [5.74, 6) is 0. The SMILES string of the molecule is C[Si](C)(C)OC[C@@H](O[Si](C)(C)C)[C@@H](O[Si](C)(C)C)[C@H](C=O)O[Si](C)(C)C. The van der Waals surface area contributed by atoms with E-state index < -0.39 is 45.5 Å². The molecule has 0 rings (SSSR count). The van der Waals surface area contributed by atoms with Gasteiger partial charge in [-0.15, -0.1) is 0 Å². The first kappa shape index (κ1) is 26.4. The van der Waals surface area contributed by atoms with Gasteiger partial charge in [-0.3, -0.25) is 0 Å². The lowest BCUT2D eigenvalue weighted by Crippen LogP contribution is -2.55. The first-order valence-corrected chi connectivity index (χ1v) is 23.1. The van der Waals surface area contributed by atoms with Crippen LogP contribution < -0.4 is 0 Å². The predicted molar refractivity (Wildman–Crippen MR) is 120 cm³/mol. The lowest BCUT2D eigenvalue weighted by atomic mass is 10.1.